The van der Waals surface area contributed by atoms with Gasteiger partial charge in [-0.25, -0.2) is 0 Å². The third-order valence-corrected chi connectivity index (χ3v) is 5.29. The predicted octanol–water partition coefficient (Wildman–Crippen LogP) is 1.96. The standard InChI is InChI=1S/C20H22N4O4/c1-14(15-5-3-2-4-6-15)12-21-18(25)16-11-20(28-23-16)8-10-24(13-20)19(26)17-7-9-22-27-17/h2-7,9,14H,8,10-13H2,1H3,(H,21,25)/t14-,20+/m0/s1. The number of oxime groups is 1. The van der Waals surface area contributed by atoms with E-state index in [2.05, 4.69) is 22.6 Å². The molecule has 2 aliphatic heterocycles. The van der Waals surface area contributed by atoms with E-state index >= 15 is 0 Å². The minimum Gasteiger partial charge on any atom is -0.386 e. The molecule has 0 aliphatic carbocycles. The van der Waals surface area contributed by atoms with Crippen LogP contribution in [0.25, 0.3) is 0 Å². The van der Waals surface area contributed by atoms with Crippen molar-refractivity contribution in [3.05, 3.63) is 53.9 Å². The molecule has 2 aliphatic rings. The van der Waals surface area contributed by atoms with Gasteiger partial charge in [-0.15, -0.1) is 0 Å². The Morgan fingerprint density at radius 3 is 2.86 bits per heavy atom. The molecule has 0 bridgehead atoms. The maximum absolute atomic E-state index is 12.5. The summed E-state index contributed by atoms with van der Waals surface area (Å²) in [5.41, 5.74) is 0.906. The van der Waals surface area contributed by atoms with Crippen LogP contribution in [0.2, 0.25) is 0 Å². The molecule has 2 atom stereocenters. The van der Waals surface area contributed by atoms with Crippen LogP contribution in [0, 0.1) is 0 Å². The van der Waals surface area contributed by atoms with Crippen LogP contribution in [-0.2, 0) is 9.63 Å². The molecule has 1 saturated heterocycles. The number of hydrogen-bond acceptors (Lipinski definition) is 6. The first-order chi connectivity index (χ1) is 13.6. The summed E-state index contributed by atoms with van der Waals surface area (Å²) in [4.78, 5) is 32.2. The van der Waals surface area contributed by atoms with E-state index in [1.165, 1.54) is 17.8 Å². The summed E-state index contributed by atoms with van der Waals surface area (Å²) in [6, 6.07) is 11.6. The van der Waals surface area contributed by atoms with E-state index in [-0.39, 0.29) is 23.5 Å². The summed E-state index contributed by atoms with van der Waals surface area (Å²) >= 11 is 0. The lowest BCUT2D eigenvalue weighted by atomic mass is 9.96. The van der Waals surface area contributed by atoms with Crippen LogP contribution >= 0.6 is 0 Å². The van der Waals surface area contributed by atoms with Crippen molar-refractivity contribution < 1.29 is 18.9 Å². The van der Waals surface area contributed by atoms with Crippen molar-refractivity contribution in [2.45, 2.75) is 31.3 Å². The van der Waals surface area contributed by atoms with E-state index in [1.807, 2.05) is 30.3 Å². The van der Waals surface area contributed by atoms with Gasteiger partial charge in [-0.05, 0) is 11.5 Å². The quantitative estimate of drug-likeness (QED) is 0.853. The second-order valence-corrected chi connectivity index (χ2v) is 7.36. The van der Waals surface area contributed by atoms with Crippen molar-refractivity contribution >= 4 is 17.5 Å². The lowest BCUT2D eigenvalue weighted by Gasteiger charge is -2.21. The molecule has 1 aromatic heterocycles. The fourth-order valence-electron chi connectivity index (χ4n) is 3.61. The molecule has 0 saturated carbocycles. The molecule has 4 rings (SSSR count). The van der Waals surface area contributed by atoms with Crippen molar-refractivity contribution in [3.63, 3.8) is 0 Å². The zero-order chi connectivity index (χ0) is 19.6. The Balaban J connectivity index is 1.30. The molecule has 1 spiro atoms. The first kappa shape index (κ1) is 18.2. The third-order valence-electron chi connectivity index (χ3n) is 5.29. The van der Waals surface area contributed by atoms with Crippen LogP contribution in [-0.4, -0.2) is 52.8 Å². The molecule has 1 N–H and O–H groups in total. The van der Waals surface area contributed by atoms with Gasteiger partial charge in [-0.2, -0.15) is 0 Å². The van der Waals surface area contributed by atoms with Crippen molar-refractivity contribution in [3.8, 4) is 0 Å². The number of nitrogens with one attached hydrogen (secondary N) is 1. The van der Waals surface area contributed by atoms with Crippen LogP contribution in [0.15, 0.2) is 52.3 Å². The van der Waals surface area contributed by atoms with Crippen LogP contribution < -0.4 is 5.32 Å². The highest BCUT2D eigenvalue weighted by Crippen LogP contribution is 2.34. The number of rotatable bonds is 5. The predicted molar refractivity (Wildman–Crippen MR) is 101 cm³/mol. The monoisotopic (exact) mass is 382 g/mol. The van der Waals surface area contributed by atoms with E-state index in [4.69, 9.17) is 9.36 Å². The number of hydrogen-bond donors (Lipinski definition) is 1. The summed E-state index contributed by atoms with van der Waals surface area (Å²) in [6.45, 7) is 3.47. The van der Waals surface area contributed by atoms with Gasteiger partial charge < -0.3 is 19.6 Å². The van der Waals surface area contributed by atoms with Gasteiger partial charge in [0, 0.05) is 32.0 Å². The number of nitrogens with zero attached hydrogens (tertiary/aromatic N) is 3. The minimum absolute atomic E-state index is 0.198. The fraction of sp³-hybridized carbons (Fsp3) is 0.400. The normalized spacial score (nSPS) is 22.0. The number of likely N-dealkylation sites (tertiary alicyclic amines) is 1. The van der Waals surface area contributed by atoms with E-state index in [0.717, 1.165) is 0 Å². The van der Waals surface area contributed by atoms with Gasteiger partial charge in [0.1, 0.15) is 5.71 Å². The average Bonchev–Trinajstić information content (AvgIpc) is 3.48. The molecule has 2 amide bonds. The Morgan fingerprint density at radius 1 is 1.29 bits per heavy atom. The highest BCUT2D eigenvalue weighted by Gasteiger charge is 2.48. The van der Waals surface area contributed by atoms with Gasteiger partial charge in [0.05, 0.1) is 12.7 Å². The molecule has 3 heterocycles. The number of benzene rings is 1. The van der Waals surface area contributed by atoms with Crippen molar-refractivity contribution in [2.75, 3.05) is 19.6 Å². The Kier molecular flexibility index (Phi) is 4.85. The topological polar surface area (TPSA) is 97.0 Å². The fourth-order valence-corrected chi connectivity index (χ4v) is 3.61. The van der Waals surface area contributed by atoms with E-state index in [9.17, 15) is 9.59 Å². The molecule has 8 heteroatoms. The van der Waals surface area contributed by atoms with Gasteiger partial charge in [0.15, 0.2) is 5.60 Å². The number of carbonyl (C=O) groups excluding carboxylic acids is 2. The summed E-state index contributed by atoms with van der Waals surface area (Å²) in [7, 11) is 0. The summed E-state index contributed by atoms with van der Waals surface area (Å²) in [6.07, 6.45) is 2.44. The van der Waals surface area contributed by atoms with Crippen LogP contribution in [0.5, 0.6) is 0 Å². The van der Waals surface area contributed by atoms with Crippen LogP contribution in [0.3, 0.4) is 0 Å². The van der Waals surface area contributed by atoms with Crippen molar-refractivity contribution in [1.29, 1.82) is 0 Å². The second kappa shape index (κ2) is 7.46. The van der Waals surface area contributed by atoms with Crippen LogP contribution in [0.1, 0.15) is 41.8 Å². The summed E-state index contributed by atoms with van der Waals surface area (Å²) in [5, 5.41) is 10.5. The highest BCUT2D eigenvalue weighted by atomic mass is 16.7. The Hall–Kier alpha value is -3.16. The van der Waals surface area contributed by atoms with E-state index < -0.39 is 5.60 Å². The zero-order valence-corrected chi connectivity index (χ0v) is 15.6. The molecule has 0 radical (unpaired) electrons. The third kappa shape index (κ3) is 3.62. The van der Waals surface area contributed by atoms with Gasteiger partial charge in [-0.3, -0.25) is 9.59 Å². The van der Waals surface area contributed by atoms with Crippen molar-refractivity contribution in [1.82, 2.24) is 15.4 Å². The highest BCUT2D eigenvalue weighted by molar-refractivity contribution is 6.39. The first-order valence-corrected chi connectivity index (χ1v) is 9.34. The number of carbonyl (C=O) groups is 2. The van der Waals surface area contributed by atoms with Gasteiger partial charge in [0.25, 0.3) is 11.8 Å². The average molecular weight is 382 g/mol. The zero-order valence-electron chi connectivity index (χ0n) is 15.6. The Morgan fingerprint density at radius 2 is 2.11 bits per heavy atom. The van der Waals surface area contributed by atoms with E-state index in [0.29, 0.717) is 38.2 Å². The molecular formula is C20H22N4O4. The molecule has 2 aromatic rings. The maximum Gasteiger partial charge on any atom is 0.292 e. The second-order valence-electron chi connectivity index (χ2n) is 7.36. The Labute approximate surface area is 162 Å². The SMILES string of the molecule is C[C@@H](CNC(=O)C1=NO[C@]2(CCN(C(=O)c3ccno3)C2)C1)c1ccccc1. The minimum atomic E-state index is -0.632. The molecule has 28 heavy (non-hydrogen) atoms. The smallest absolute Gasteiger partial charge is 0.292 e. The molecule has 8 nitrogen and oxygen atoms in total. The molecule has 1 fully saturated rings. The first-order valence-electron chi connectivity index (χ1n) is 9.34. The molecule has 1 aromatic carbocycles. The summed E-state index contributed by atoms with van der Waals surface area (Å²) < 4.78 is 4.93. The maximum atomic E-state index is 12.5. The largest absolute Gasteiger partial charge is 0.386 e. The van der Waals surface area contributed by atoms with Gasteiger partial charge in [-0.1, -0.05) is 47.6 Å². The van der Waals surface area contributed by atoms with E-state index in [1.54, 1.807) is 4.90 Å². The number of amides is 2. The lowest BCUT2D eigenvalue weighted by Crippen LogP contribution is -2.39. The lowest BCUT2D eigenvalue weighted by molar-refractivity contribution is -0.115. The molecule has 0 unspecified atom stereocenters. The van der Waals surface area contributed by atoms with Gasteiger partial charge in [0.2, 0.25) is 5.76 Å². The van der Waals surface area contributed by atoms with Gasteiger partial charge >= 0.3 is 0 Å². The van der Waals surface area contributed by atoms with Crippen LogP contribution in [0.4, 0.5) is 0 Å². The molecular weight excluding hydrogens is 360 g/mol. The summed E-state index contributed by atoms with van der Waals surface area (Å²) in [5.74, 6) is -0.0559. The number of aromatic nitrogens is 1. The van der Waals surface area contributed by atoms with Crippen molar-refractivity contribution in [2.24, 2.45) is 5.16 Å². The Bertz CT molecular complexity index is 881. The molecule has 146 valence electrons.